The average molecular weight is 199 g/mol. The zero-order valence-electron chi connectivity index (χ0n) is 7.30. The van der Waals surface area contributed by atoms with Crippen molar-refractivity contribution in [1.29, 1.82) is 0 Å². The molecular formula is C9H11ClN2O. The molecule has 1 aromatic rings. The van der Waals surface area contributed by atoms with Crippen molar-refractivity contribution >= 4 is 23.2 Å². The Morgan fingerprint density at radius 3 is 2.77 bits per heavy atom. The summed E-state index contributed by atoms with van der Waals surface area (Å²) in [6.07, 6.45) is 0. The molecule has 0 saturated carbocycles. The van der Waals surface area contributed by atoms with Gasteiger partial charge in [0.2, 0.25) is 0 Å². The third-order valence-corrected chi connectivity index (χ3v) is 2.08. The van der Waals surface area contributed by atoms with Crippen molar-refractivity contribution in [3.63, 3.8) is 0 Å². The van der Waals surface area contributed by atoms with Gasteiger partial charge in [0.05, 0.1) is 5.56 Å². The van der Waals surface area contributed by atoms with Crippen molar-refractivity contribution < 1.29 is 4.79 Å². The minimum atomic E-state index is -0.439. The number of rotatable bonds is 3. The zero-order chi connectivity index (χ0) is 9.84. The van der Waals surface area contributed by atoms with Gasteiger partial charge in [-0.1, -0.05) is 6.07 Å². The van der Waals surface area contributed by atoms with Gasteiger partial charge in [-0.3, -0.25) is 4.79 Å². The summed E-state index contributed by atoms with van der Waals surface area (Å²) < 4.78 is 0. The van der Waals surface area contributed by atoms with E-state index in [-0.39, 0.29) is 0 Å². The molecule has 0 aliphatic heterocycles. The first kappa shape index (κ1) is 9.86. The highest BCUT2D eigenvalue weighted by Crippen LogP contribution is 2.17. The highest BCUT2D eigenvalue weighted by atomic mass is 35.5. The van der Waals surface area contributed by atoms with Crippen LogP contribution in [0.5, 0.6) is 0 Å². The van der Waals surface area contributed by atoms with Crippen LogP contribution in [0.15, 0.2) is 18.2 Å². The summed E-state index contributed by atoms with van der Waals surface area (Å²) in [7, 11) is 1.74. The van der Waals surface area contributed by atoms with Crippen LogP contribution >= 0.6 is 11.6 Å². The Labute approximate surface area is 81.9 Å². The summed E-state index contributed by atoms with van der Waals surface area (Å²) >= 11 is 5.64. The van der Waals surface area contributed by atoms with E-state index < -0.39 is 5.91 Å². The van der Waals surface area contributed by atoms with Gasteiger partial charge in [0.25, 0.3) is 5.91 Å². The molecule has 1 rings (SSSR count). The fourth-order valence-corrected chi connectivity index (χ4v) is 1.26. The standard InChI is InChI=1S/C9H11ClN2O/c1-12-8-4-6(5-10)2-3-7(8)9(11)13/h2-4,12H,5H2,1H3,(H2,11,13). The smallest absolute Gasteiger partial charge is 0.250 e. The van der Waals surface area contributed by atoms with Crippen molar-refractivity contribution in [2.75, 3.05) is 12.4 Å². The quantitative estimate of drug-likeness (QED) is 0.725. The zero-order valence-corrected chi connectivity index (χ0v) is 8.06. The first-order chi connectivity index (χ1) is 6.19. The molecule has 70 valence electrons. The summed E-state index contributed by atoms with van der Waals surface area (Å²) in [4.78, 5) is 10.9. The van der Waals surface area contributed by atoms with Crippen molar-refractivity contribution in [2.45, 2.75) is 5.88 Å². The molecule has 0 saturated heterocycles. The minimum Gasteiger partial charge on any atom is -0.387 e. The highest BCUT2D eigenvalue weighted by Gasteiger charge is 2.06. The lowest BCUT2D eigenvalue weighted by atomic mass is 10.1. The third-order valence-electron chi connectivity index (χ3n) is 1.77. The van der Waals surface area contributed by atoms with Gasteiger partial charge in [0, 0.05) is 18.6 Å². The van der Waals surface area contributed by atoms with E-state index in [1.54, 1.807) is 19.2 Å². The number of carbonyl (C=O) groups is 1. The molecule has 0 bridgehead atoms. The van der Waals surface area contributed by atoms with Crippen molar-refractivity contribution in [1.82, 2.24) is 0 Å². The molecule has 0 spiro atoms. The van der Waals surface area contributed by atoms with Crippen molar-refractivity contribution in [3.8, 4) is 0 Å². The number of nitrogens with one attached hydrogen (secondary N) is 1. The number of alkyl halides is 1. The molecule has 0 aliphatic carbocycles. The van der Waals surface area contributed by atoms with Crippen LogP contribution in [0.25, 0.3) is 0 Å². The maximum atomic E-state index is 10.9. The Hall–Kier alpha value is -1.22. The molecular weight excluding hydrogens is 188 g/mol. The van der Waals surface area contributed by atoms with Crippen LogP contribution in [-0.4, -0.2) is 13.0 Å². The molecule has 0 unspecified atom stereocenters. The van der Waals surface area contributed by atoms with E-state index in [2.05, 4.69) is 5.32 Å². The van der Waals surface area contributed by atoms with Crippen LogP contribution in [0.4, 0.5) is 5.69 Å². The summed E-state index contributed by atoms with van der Waals surface area (Å²) in [5.41, 5.74) is 7.32. The van der Waals surface area contributed by atoms with E-state index >= 15 is 0 Å². The summed E-state index contributed by atoms with van der Waals surface area (Å²) in [6, 6.07) is 5.27. The lowest BCUT2D eigenvalue weighted by Crippen LogP contribution is -2.13. The third kappa shape index (κ3) is 2.12. The van der Waals surface area contributed by atoms with Gasteiger partial charge in [0.15, 0.2) is 0 Å². The van der Waals surface area contributed by atoms with E-state index in [0.717, 1.165) is 5.56 Å². The predicted octanol–water partition coefficient (Wildman–Crippen LogP) is 1.57. The van der Waals surface area contributed by atoms with Crippen LogP contribution in [-0.2, 0) is 5.88 Å². The number of halogens is 1. The Bertz CT molecular complexity index is 325. The molecule has 1 amide bonds. The molecule has 0 aliphatic rings. The van der Waals surface area contributed by atoms with Gasteiger partial charge >= 0.3 is 0 Å². The molecule has 0 heterocycles. The van der Waals surface area contributed by atoms with E-state index in [4.69, 9.17) is 17.3 Å². The molecule has 0 atom stereocenters. The molecule has 0 radical (unpaired) electrons. The van der Waals surface area contributed by atoms with E-state index in [1.807, 2.05) is 6.07 Å². The van der Waals surface area contributed by atoms with E-state index in [9.17, 15) is 4.79 Å². The summed E-state index contributed by atoms with van der Waals surface area (Å²) in [6.45, 7) is 0. The number of benzene rings is 1. The van der Waals surface area contributed by atoms with E-state index in [0.29, 0.717) is 17.1 Å². The van der Waals surface area contributed by atoms with Gasteiger partial charge in [-0.2, -0.15) is 0 Å². The molecule has 3 nitrogen and oxygen atoms in total. The lowest BCUT2D eigenvalue weighted by molar-refractivity contribution is 0.100. The second-order valence-corrected chi connectivity index (χ2v) is 2.90. The van der Waals surface area contributed by atoms with Crippen LogP contribution in [0.3, 0.4) is 0 Å². The number of nitrogens with two attached hydrogens (primary N) is 1. The Morgan fingerprint density at radius 1 is 1.62 bits per heavy atom. The second kappa shape index (κ2) is 4.14. The number of hydrogen-bond acceptors (Lipinski definition) is 2. The first-order valence-corrected chi connectivity index (χ1v) is 4.39. The van der Waals surface area contributed by atoms with Gasteiger partial charge < -0.3 is 11.1 Å². The van der Waals surface area contributed by atoms with Crippen molar-refractivity contribution in [3.05, 3.63) is 29.3 Å². The number of amides is 1. The Kier molecular flexibility index (Phi) is 3.14. The SMILES string of the molecule is CNc1cc(CCl)ccc1C(N)=O. The molecule has 4 heteroatoms. The fraction of sp³-hybridized carbons (Fsp3) is 0.222. The highest BCUT2D eigenvalue weighted by molar-refractivity contribution is 6.17. The van der Waals surface area contributed by atoms with Crippen LogP contribution in [0.1, 0.15) is 15.9 Å². The first-order valence-electron chi connectivity index (χ1n) is 3.85. The van der Waals surface area contributed by atoms with E-state index in [1.165, 1.54) is 0 Å². The largest absolute Gasteiger partial charge is 0.387 e. The predicted molar refractivity (Wildman–Crippen MR) is 54.1 cm³/mol. The molecule has 0 aromatic heterocycles. The number of carbonyl (C=O) groups excluding carboxylic acids is 1. The molecule has 1 aromatic carbocycles. The number of hydrogen-bond donors (Lipinski definition) is 2. The number of anilines is 1. The maximum absolute atomic E-state index is 10.9. The second-order valence-electron chi connectivity index (χ2n) is 2.63. The minimum absolute atomic E-state index is 0.424. The maximum Gasteiger partial charge on any atom is 0.250 e. The van der Waals surface area contributed by atoms with Crippen LogP contribution in [0, 0.1) is 0 Å². The topological polar surface area (TPSA) is 55.1 Å². The van der Waals surface area contributed by atoms with Crippen LogP contribution in [0.2, 0.25) is 0 Å². The van der Waals surface area contributed by atoms with Crippen molar-refractivity contribution in [2.24, 2.45) is 5.73 Å². The number of primary amides is 1. The Morgan fingerprint density at radius 2 is 2.31 bits per heavy atom. The molecule has 13 heavy (non-hydrogen) atoms. The average Bonchev–Trinajstić information content (AvgIpc) is 2.16. The molecule has 0 fully saturated rings. The normalized spacial score (nSPS) is 9.69. The van der Waals surface area contributed by atoms with Gasteiger partial charge in [-0.25, -0.2) is 0 Å². The Balaban J connectivity index is 3.15. The van der Waals surface area contributed by atoms with Crippen LogP contribution < -0.4 is 11.1 Å². The fourth-order valence-electron chi connectivity index (χ4n) is 1.10. The van der Waals surface area contributed by atoms with Gasteiger partial charge in [-0.05, 0) is 17.7 Å². The monoisotopic (exact) mass is 198 g/mol. The van der Waals surface area contributed by atoms with Gasteiger partial charge in [-0.15, -0.1) is 11.6 Å². The summed E-state index contributed by atoms with van der Waals surface area (Å²) in [5.74, 6) is -0.0151. The van der Waals surface area contributed by atoms with Gasteiger partial charge in [0.1, 0.15) is 0 Å². The molecule has 3 N–H and O–H groups in total. The lowest BCUT2D eigenvalue weighted by Gasteiger charge is -2.07. The summed E-state index contributed by atoms with van der Waals surface area (Å²) in [5, 5.41) is 2.89.